The minimum absolute atomic E-state index is 0.0295. The second-order valence-electron chi connectivity index (χ2n) is 5.30. The maximum absolute atomic E-state index is 11.4. The topological polar surface area (TPSA) is 130 Å². The van der Waals surface area contributed by atoms with Crippen molar-refractivity contribution < 1.29 is 24.7 Å². The fraction of sp³-hybridized carbons (Fsp3) is 0.286. The van der Waals surface area contributed by atoms with Gasteiger partial charge in [-0.05, 0) is 12.5 Å². The predicted octanol–water partition coefficient (Wildman–Crippen LogP) is 1.83. The first-order chi connectivity index (χ1) is 10.4. The van der Waals surface area contributed by atoms with Crippen LogP contribution >= 0.6 is 0 Å². The molecule has 1 aromatic carbocycles. The van der Waals surface area contributed by atoms with E-state index in [4.69, 9.17) is 0 Å². The minimum Gasteiger partial charge on any atom is -0.480 e. The number of benzene rings is 1. The minimum atomic E-state index is -1.26. The summed E-state index contributed by atoms with van der Waals surface area (Å²) in [4.78, 5) is 33.5. The normalized spacial score (nSPS) is 25.0. The Kier molecular flexibility index (Phi) is 3.09. The van der Waals surface area contributed by atoms with Gasteiger partial charge >= 0.3 is 11.9 Å². The van der Waals surface area contributed by atoms with Gasteiger partial charge in [0.15, 0.2) is 0 Å². The third kappa shape index (κ3) is 1.92. The van der Waals surface area contributed by atoms with Crippen LogP contribution in [0.25, 0.3) is 0 Å². The van der Waals surface area contributed by atoms with Gasteiger partial charge in [0, 0.05) is 17.9 Å². The lowest BCUT2D eigenvalue weighted by Crippen LogP contribution is -2.42. The van der Waals surface area contributed by atoms with E-state index in [1.807, 2.05) is 0 Å². The summed E-state index contributed by atoms with van der Waals surface area (Å²) in [6.07, 6.45) is 3.97. The van der Waals surface area contributed by atoms with Crippen LogP contribution in [0.3, 0.4) is 0 Å². The number of allylic oxidation sites excluding steroid dienone is 2. The standard InChI is InChI=1S/C14H12N2O6/c17-13(18)8-4-5-9(16(21)22)10-6-2-1-3-7(6)12(14(19)20)15-11(8)10/h1-2,4-7,12,15H,3H2,(H,17,18)(H,19,20)/t6-,7+,12+/m1/s1. The first kappa shape index (κ1) is 14.1. The van der Waals surface area contributed by atoms with E-state index in [1.165, 1.54) is 0 Å². The second-order valence-corrected chi connectivity index (χ2v) is 5.30. The quantitative estimate of drug-likeness (QED) is 0.441. The van der Waals surface area contributed by atoms with Crippen LogP contribution in [0.2, 0.25) is 0 Å². The van der Waals surface area contributed by atoms with Crippen molar-refractivity contribution in [2.24, 2.45) is 5.92 Å². The number of nitro benzene ring substituents is 1. The van der Waals surface area contributed by atoms with E-state index in [-0.39, 0.29) is 28.4 Å². The van der Waals surface area contributed by atoms with Gasteiger partial charge in [0.25, 0.3) is 5.69 Å². The molecule has 1 aromatic rings. The third-order valence-electron chi connectivity index (χ3n) is 4.19. The number of carboxylic acid groups (broad SMARTS) is 2. The fourth-order valence-corrected chi connectivity index (χ4v) is 3.27. The molecule has 3 N–H and O–H groups in total. The van der Waals surface area contributed by atoms with Gasteiger partial charge in [0.1, 0.15) is 6.04 Å². The van der Waals surface area contributed by atoms with E-state index in [0.717, 1.165) is 12.1 Å². The summed E-state index contributed by atoms with van der Waals surface area (Å²) in [7, 11) is 0. The first-order valence-corrected chi connectivity index (χ1v) is 6.62. The van der Waals surface area contributed by atoms with Crippen molar-refractivity contribution >= 4 is 23.3 Å². The molecule has 8 heteroatoms. The number of hydrogen-bond donors (Lipinski definition) is 3. The number of carbonyl (C=O) groups is 2. The number of fused-ring (bicyclic) bond motifs is 3. The van der Waals surface area contributed by atoms with Crippen molar-refractivity contribution in [3.63, 3.8) is 0 Å². The van der Waals surface area contributed by atoms with Crippen LogP contribution in [0.1, 0.15) is 28.3 Å². The number of nitro groups is 1. The molecule has 0 saturated carbocycles. The molecule has 0 fully saturated rings. The van der Waals surface area contributed by atoms with Crippen molar-refractivity contribution in [3.05, 3.63) is 45.5 Å². The third-order valence-corrected chi connectivity index (χ3v) is 4.19. The molecule has 1 aliphatic carbocycles. The van der Waals surface area contributed by atoms with Crippen LogP contribution in [0.4, 0.5) is 11.4 Å². The monoisotopic (exact) mass is 304 g/mol. The summed E-state index contributed by atoms with van der Waals surface area (Å²) in [6.45, 7) is 0. The number of rotatable bonds is 3. The molecule has 0 amide bonds. The molecule has 114 valence electrons. The second kappa shape index (κ2) is 4.83. The lowest BCUT2D eigenvalue weighted by molar-refractivity contribution is -0.385. The summed E-state index contributed by atoms with van der Waals surface area (Å²) in [5.74, 6) is -3.21. The van der Waals surface area contributed by atoms with Crippen molar-refractivity contribution in [2.45, 2.75) is 18.4 Å². The molecule has 3 rings (SSSR count). The van der Waals surface area contributed by atoms with Gasteiger partial charge in [-0.25, -0.2) is 9.59 Å². The fourth-order valence-electron chi connectivity index (χ4n) is 3.27. The highest BCUT2D eigenvalue weighted by Gasteiger charge is 2.45. The molecule has 2 aliphatic rings. The molecule has 0 aromatic heterocycles. The highest BCUT2D eigenvalue weighted by molar-refractivity contribution is 5.98. The van der Waals surface area contributed by atoms with Gasteiger partial charge in [0.05, 0.1) is 21.7 Å². The molecular formula is C14H12N2O6. The van der Waals surface area contributed by atoms with Crippen LogP contribution in [0.5, 0.6) is 0 Å². The van der Waals surface area contributed by atoms with Gasteiger partial charge in [-0.2, -0.15) is 0 Å². The number of carboxylic acids is 2. The van der Waals surface area contributed by atoms with Gasteiger partial charge in [0.2, 0.25) is 0 Å². The van der Waals surface area contributed by atoms with Gasteiger partial charge in [-0.15, -0.1) is 0 Å². The van der Waals surface area contributed by atoms with Gasteiger partial charge in [-0.1, -0.05) is 12.2 Å². The smallest absolute Gasteiger partial charge is 0.337 e. The van der Waals surface area contributed by atoms with E-state index in [0.29, 0.717) is 6.42 Å². The lowest BCUT2D eigenvalue weighted by Gasteiger charge is -2.34. The largest absolute Gasteiger partial charge is 0.480 e. The Balaban J connectivity index is 2.27. The summed E-state index contributed by atoms with van der Waals surface area (Å²) in [6, 6.07) is 1.31. The molecule has 0 bridgehead atoms. The van der Waals surface area contributed by atoms with E-state index in [2.05, 4.69) is 5.32 Å². The summed E-state index contributed by atoms with van der Waals surface area (Å²) in [5, 5.41) is 32.5. The van der Waals surface area contributed by atoms with Crippen LogP contribution in [0, 0.1) is 16.0 Å². The Bertz CT molecular complexity index is 726. The number of nitrogens with zero attached hydrogens (tertiary/aromatic N) is 1. The Hall–Kier alpha value is -2.90. The number of aromatic carboxylic acids is 1. The van der Waals surface area contributed by atoms with Gasteiger partial charge in [-0.3, -0.25) is 10.1 Å². The van der Waals surface area contributed by atoms with Crippen LogP contribution in [-0.2, 0) is 4.79 Å². The zero-order valence-electron chi connectivity index (χ0n) is 11.2. The van der Waals surface area contributed by atoms with Crippen molar-refractivity contribution in [2.75, 3.05) is 5.32 Å². The Morgan fingerprint density at radius 3 is 2.64 bits per heavy atom. The Morgan fingerprint density at radius 2 is 2.05 bits per heavy atom. The Labute approximate surface area is 124 Å². The summed E-state index contributed by atoms with van der Waals surface area (Å²) >= 11 is 0. The maximum atomic E-state index is 11.4. The molecule has 1 aliphatic heterocycles. The molecule has 0 spiro atoms. The van der Waals surface area contributed by atoms with E-state index in [9.17, 15) is 29.9 Å². The molecule has 1 heterocycles. The molecule has 3 atom stereocenters. The van der Waals surface area contributed by atoms with Crippen LogP contribution in [-0.4, -0.2) is 33.1 Å². The first-order valence-electron chi connectivity index (χ1n) is 6.62. The molecule has 0 radical (unpaired) electrons. The molecule has 0 unspecified atom stereocenters. The van der Waals surface area contributed by atoms with Gasteiger partial charge < -0.3 is 15.5 Å². The molecular weight excluding hydrogens is 292 g/mol. The average molecular weight is 304 g/mol. The molecule has 22 heavy (non-hydrogen) atoms. The lowest BCUT2D eigenvalue weighted by atomic mass is 9.77. The number of hydrogen-bond acceptors (Lipinski definition) is 5. The highest BCUT2D eigenvalue weighted by atomic mass is 16.6. The average Bonchev–Trinajstić information content (AvgIpc) is 2.93. The van der Waals surface area contributed by atoms with Crippen molar-refractivity contribution in [3.8, 4) is 0 Å². The highest BCUT2D eigenvalue weighted by Crippen LogP contribution is 2.49. The van der Waals surface area contributed by atoms with E-state index < -0.39 is 28.8 Å². The number of anilines is 1. The van der Waals surface area contributed by atoms with E-state index in [1.54, 1.807) is 12.2 Å². The zero-order valence-corrected chi connectivity index (χ0v) is 11.2. The number of nitrogens with one attached hydrogen (secondary N) is 1. The zero-order chi connectivity index (χ0) is 16.0. The Morgan fingerprint density at radius 1 is 1.32 bits per heavy atom. The SMILES string of the molecule is O=C(O)c1ccc([N+](=O)[O-])c2c1N[C@H](C(=O)O)[C@H]1CC=C[C@@H]21. The van der Waals surface area contributed by atoms with E-state index >= 15 is 0 Å². The van der Waals surface area contributed by atoms with Crippen LogP contribution in [0.15, 0.2) is 24.3 Å². The summed E-state index contributed by atoms with van der Waals surface area (Å²) < 4.78 is 0. The molecule has 8 nitrogen and oxygen atoms in total. The summed E-state index contributed by atoms with van der Waals surface area (Å²) in [5.41, 5.74) is -0.0773. The number of aliphatic carboxylic acids is 1. The van der Waals surface area contributed by atoms with Crippen molar-refractivity contribution in [1.29, 1.82) is 0 Å². The molecule has 0 saturated heterocycles. The van der Waals surface area contributed by atoms with Crippen LogP contribution < -0.4 is 5.32 Å². The predicted molar refractivity (Wildman–Crippen MR) is 75.1 cm³/mol. The maximum Gasteiger partial charge on any atom is 0.337 e. The van der Waals surface area contributed by atoms with Crippen molar-refractivity contribution in [1.82, 2.24) is 0 Å².